The molecule has 0 unspecified atom stereocenters. The molecule has 0 N–H and O–H groups in total. The molecule has 12 heteroatoms. The van der Waals surface area contributed by atoms with Crippen LogP contribution in [0.3, 0.4) is 0 Å². The predicted molar refractivity (Wildman–Crippen MR) is 96.9 cm³/mol. The molecule has 0 saturated heterocycles. The second kappa shape index (κ2) is 6.09. The number of hydrogen-bond donors (Lipinski definition) is 0. The van der Waals surface area contributed by atoms with Crippen molar-refractivity contribution in [3.63, 3.8) is 0 Å². The number of aromatic nitrogens is 6. The van der Waals surface area contributed by atoms with Crippen molar-refractivity contribution in [2.45, 2.75) is 13.5 Å². The molecule has 4 aromatic rings. The highest BCUT2D eigenvalue weighted by molar-refractivity contribution is 7.20. The lowest BCUT2D eigenvalue weighted by Gasteiger charge is -2.08. The molecule has 0 atom stereocenters. The van der Waals surface area contributed by atoms with Crippen molar-refractivity contribution in [1.82, 2.24) is 34.3 Å². The maximum atomic E-state index is 12.4. The van der Waals surface area contributed by atoms with E-state index in [2.05, 4.69) is 20.2 Å². The van der Waals surface area contributed by atoms with Gasteiger partial charge in [-0.25, -0.2) is 14.5 Å². The minimum atomic E-state index is -0.556. The molecule has 0 radical (unpaired) electrons. The Morgan fingerprint density at radius 3 is 2.81 bits per heavy atom. The molecule has 27 heavy (non-hydrogen) atoms. The highest BCUT2D eigenvalue weighted by Crippen LogP contribution is 2.32. The Balaban J connectivity index is 1.78. The molecule has 11 nitrogen and oxygen atoms in total. The van der Waals surface area contributed by atoms with E-state index in [9.17, 15) is 14.9 Å². The molecule has 1 amide bonds. The first-order chi connectivity index (χ1) is 12.8. The normalized spacial score (nSPS) is 11.4. The van der Waals surface area contributed by atoms with Crippen molar-refractivity contribution in [2.75, 3.05) is 14.1 Å². The number of amides is 1. The Bertz CT molecular complexity index is 1200. The summed E-state index contributed by atoms with van der Waals surface area (Å²) in [4.78, 5) is 34.3. The Morgan fingerprint density at radius 1 is 1.37 bits per heavy atom. The SMILES string of the molecule is Cc1c(C(=O)N(C)C)sc2ncn3nc(Cn4ccc([N+](=O)[O-])n4)nc3c12. The summed E-state index contributed by atoms with van der Waals surface area (Å²) < 4.78 is 2.94. The third-order valence-electron chi connectivity index (χ3n) is 4.03. The van der Waals surface area contributed by atoms with E-state index >= 15 is 0 Å². The van der Waals surface area contributed by atoms with E-state index in [0.717, 1.165) is 10.9 Å². The highest BCUT2D eigenvalue weighted by atomic mass is 32.1. The lowest BCUT2D eigenvalue weighted by atomic mass is 10.2. The van der Waals surface area contributed by atoms with Gasteiger partial charge in [0.1, 0.15) is 17.7 Å². The van der Waals surface area contributed by atoms with Gasteiger partial charge in [0, 0.05) is 14.1 Å². The van der Waals surface area contributed by atoms with Crippen LogP contribution >= 0.6 is 11.3 Å². The molecular formula is C15H14N8O3S. The summed E-state index contributed by atoms with van der Waals surface area (Å²) in [6, 6.07) is 1.32. The third-order valence-corrected chi connectivity index (χ3v) is 5.22. The fraction of sp³-hybridized carbons (Fsp3) is 0.267. The molecule has 0 aliphatic carbocycles. The number of aryl methyl sites for hydroxylation is 1. The van der Waals surface area contributed by atoms with Gasteiger partial charge >= 0.3 is 5.82 Å². The van der Waals surface area contributed by atoms with Crippen LogP contribution in [0, 0.1) is 17.0 Å². The van der Waals surface area contributed by atoms with Crippen LogP contribution in [-0.2, 0) is 6.54 Å². The van der Waals surface area contributed by atoms with E-state index in [-0.39, 0.29) is 18.3 Å². The first-order valence-corrected chi connectivity index (χ1v) is 8.69. The molecule has 4 rings (SSSR count). The van der Waals surface area contributed by atoms with E-state index in [4.69, 9.17) is 0 Å². The average molecular weight is 386 g/mol. The number of carbonyl (C=O) groups excluding carboxylic acids is 1. The van der Waals surface area contributed by atoms with Crippen molar-refractivity contribution in [3.8, 4) is 0 Å². The van der Waals surface area contributed by atoms with Gasteiger partial charge in [-0.05, 0) is 17.4 Å². The van der Waals surface area contributed by atoms with Crippen molar-refractivity contribution in [3.05, 3.63) is 45.0 Å². The van der Waals surface area contributed by atoms with Crippen LogP contribution in [0.4, 0.5) is 5.82 Å². The van der Waals surface area contributed by atoms with Crippen molar-refractivity contribution >= 4 is 38.9 Å². The smallest absolute Gasteiger partial charge is 0.358 e. The Hall–Kier alpha value is -3.41. The monoisotopic (exact) mass is 386 g/mol. The molecular weight excluding hydrogens is 372 g/mol. The zero-order valence-corrected chi connectivity index (χ0v) is 15.5. The van der Waals surface area contributed by atoms with E-state index < -0.39 is 4.92 Å². The number of nitro groups is 1. The first-order valence-electron chi connectivity index (χ1n) is 7.88. The van der Waals surface area contributed by atoms with Gasteiger partial charge in [0.15, 0.2) is 11.5 Å². The van der Waals surface area contributed by atoms with Crippen LogP contribution in [0.5, 0.6) is 0 Å². The topological polar surface area (TPSA) is 124 Å². The summed E-state index contributed by atoms with van der Waals surface area (Å²) in [5, 5.41) is 19.8. The lowest BCUT2D eigenvalue weighted by molar-refractivity contribution is -0.389. The summed E-state index contributed by atoms with van der Waals surface area (Å²) >= 11 is 1.32. The lowest BCUT2D eigenvalue weighted by Crippen LogP contribution is -2.21. The molecule has 0 spiro atoms. The number of nitrogens with zero attached hydrogens (tertiary/aromatic N) is 8. The number of thiophene rings is 1. The summed E-state index contributed by atoms with van der Waals surface area (Å²) in [6.07, 6.45) is 3.04. The second-order valence-electron chi connectivity index (χ2n) is 6.11. The van der Waals surface area contributed by atoms with Gasteiger partial charge in [0.05, 0.1) is 27.6 Å². The molecule has 138 valence electrons. The number of rotatable bonds is 4. The van der Waals surface area contributed by atoms with Crippen LogP contribution in [0.1, 0.15) is 21.1 Å². The molecule has 0 bridgehead atoms. The number of fused-ring (bicyclic) bond motifs is 3. The Morgan fingerprint density at radius 2 is 2.15 bits per heavy atom. The summed E-state index contributed by atoms with van der Waals surface area (Å²) in [5.74, 6) is 0.119. The minimum absolute atomic E-state index is 0.0859. The summed E-state index contributed by atoms with van der Waals surface area (Å²) in [5.41, 5.74) is 1.39. The fourth-order valence-electron chi connectivity index (χ4n) is 2.73. The van der Waals surface area contributed by atoms with Gasteiger partial charge < -0.3 is 15.0 Å². The molecule has 0 saturated carbocycles. The number of hydrogen-bond acceptors (Lipinski definition) is 8. The molecule has 4 aromatic heterocycles. The Kier molecular flexibility index (Phi) is 3.84. The predicted octanol–water partition coefficient (Wildman–Crippen LogP) is 1.50. The third kappa shape index (κ3) is 2.79. The fourth-order valence-corrected chi connectivity index (χ4v) is 3.90. The van der Waals surface area contributed by atoms with Gasteiger partial charge in [-0.1, -0.05) is 0 Å². The zero-order valence-electron chi connectivity index (χ0n) is 14.6. The summed E-state index contributed by atoms with van der Waals surface area (Å²) in [7, 11) is 3.40. The molecule has 0 aliphatic rings. The molecule has 0 aromatic carbocycles. The zero-order chi connectivity index (χ0) is 19.3. The maximum Gasteiger partial charge on any atom is 0.389 e. The van der Waals surface area contributed by atoms with Crippen molar-refractivity contribution < 1.29 is 9.72 Å². The van der Waals surface area contributed by atoms with E-state index in [1.807, 2.05) is 6.92 Å². The van der Waals surface area contributed by atoms with Gasteiger partial charge in [-0.3, -0.25) is 4.79 Å². The maximum absolute atomic E-state index is 12.4. The first kappa shape index (κ1) is 17.0. The van der Waals surface area contributed by atoms with Crippen LogP contribution in [0.2, 0.25) is 0 Å². The van der Waals surface area contributed by atoms with Crippen LogP contribution < -0.4 is 0 Å². The van der Waals surface area contributed by atoms with Crippen LogP contribution in [0.25, 0.3) is 15.9 Å². The second-order valence-corrected chi connectivity index (χ2v) is 7.10. The summed E-state index contributed by atoms with van der Waals surface area (Å²) in [6.45, 7) is 2.05. The van der Waals surface area contributed by atoms with Gasteiger partial charge in [-0.2, -0.15) is 4.68 Å². The molecule has 0 fully saturated rings. The van der Waals surface area contributed by atoms with Crippen molar-refractivity contribution in [1.29, 1.82) is 0 Å². The number of carbonyl (C=O) groups is 1. The van der Waals surface area contributed by atoms with Crippen LogP contribution in [0.15, 0.2) is 18.6 Å². The van der Waals surface area contributed by atoms with Gasteiger partial charge in [0.25, 0.3) is 5.91 Å². The van der Waals surface area contributed by atoms with E-state index in [0.29, 0.717) is 21.2 Å². The van der Waals surface area contributed by atoms with E-state index in [1.54, 1.807) is 24.9 Å². The average Bonchev–Trinajstić information content (AvgIpc) is 3.31. The van der Waals surface area contributed by atoms with Gasteiger partial charge in [-0.15, -0.1) is 16.4 Å². The standard InChI is InChI=1S/C15H14N8O3S/c1-8-11-13-17-9(6-21-5-4-10(19-21)23(25)26)18-22(13)7-16-14(11)27-12(8)15(24)20(2)3/h4-5,7H,6H2,1-3H3. The quantitative estimate of drug-likeness (QED) is 0.384. The Labute approximate surface area is 156 Å². The van der Waals surface area contributed by atoms with E-state index in [1.165, 1.54) is 33.2 Å². The van der Waals surface area contributed by atoms with Crippen molar-refractivity contribution in [2.24, 2.45) is 0 Å². The van der Waals surface area contributed by atoms with Crippen LogP contribution in [-0.4, -0.2) is 59.2 Å². The highest BCUT2D eigenvalue weighted by Gasteiger charge is 2.21. The molecule has 0 aliphatic heterocycles. The van der Waals surface area contributed by atoms with Gasteiger partial charge in [0.2, 0.25) is 0 Å². The minimum Gasteiger partial charge on any atom is -0.358 e. The largest absolute Gasteiger partial charge is 0.389 e. The molecule has 4 heterocycles.